The zero-order valence-corrected chi connectivity index (χ0v) is 13.7. The number of hydrogen-bond acceptors (Lipinski definition) is 3. The van der Waals surface area contributed by atoms with Gasteiger partial charge in [-0.25, -0.2) is 4.68 Å². The Bertz CT molecular complexity index is 724. The highest BCUT2D eigenvalue weighted by Crippen LogP contribution is 2.26. The highest BCUT2D eigenvalue weighted by atomic mass is 127. The number of aromatic nitrogens is 3. The number of hydrogen-bond donors (Lipinski definition) is 1. The molecule has 21 heavy (non-hydrogen) atoms. The number of halogens is 1. The van der Waals surface area contributed by atoms with E-state index in [1.165, 1.54) is 9.13 Å². The first-order valence-corrected chi connectivity index (χ1v) is 7.77. The van der Waals surface area contributed by atoms with Gasteiger partial charge in [0.05, 0.1) is 23.6 Å². The van der Waals surface area contributed by atoms with Gasteiger partial charge in [0.25, 0.3) is 0 Å². The Labute approximate surface area is 137 Å². The molecule has 0 radical (unpaired) electrons. The fraction of sp³-hybridized carbons (Fsp3) is 0.125. The van der Waals surface area contributed by atoms with Gasteiger partial charge in [0.2, 0.25) is 0 Å². The molecule has 3 aromatic rings. The maximum Gasteiger partial charge on any atom is 0.0860 e. The van der Waals surface area contributed by atoms with Crippen molar-refractivity contribution in [1.29, 1.82) is 0 Å². The van der Waals surface area contributed by atoms with E-state index < -0.39 is 0 Å². The Balaban J connectivity index is 2.08. The maximum atomic E-state index is 4.23. The molecule has 1 unspecified atom stereocenters. The second-order valence-electron chi connectivity index (χ2n) is 4.65. The molecule has 2 aromatic carbocycles. The second-order valence-corrected chi connectivity index (χ2v) is 5.81. The molecule has 106 valence electrons. The Morgan fingerprint density at radius 3 is 2.48 bits per heavy atom. The van der Waals surface area contributed by atoms with Gasteiger partial charge >= 0.3 is 0 Å². The van der Waals surface area contributed by atoms with E-state index in [2.05, 4.69) is 56.4 Å². The normalized spacial score (nSPS) is 12.3. The van der Waals surface area contributed by atoms with Crippen molar-refractivity contribution in [1.82, 2.24) is 20.3 Å². The molecule has 1 atom stereocenters. The highest BCUT2D eigenvalue weighted by Gasteiger charge is 2.20. The predicted molar refractivity (Wildman–Crippen MR) is 91.4 cm³/mol. The highest BCUT2D eigenvalue weighted by molar-refractivity contribution is 14.1. The first kappa shape index (κ1) is 14.2. The molecule has 0 bridgehead atoms. The fourth-order valence-corrected chi connectivity index (χ4v) is 3.08. The standard InChI is InChI=1S/C16H15IN4/c1-18-16(13-9-5-6-10-14(13)17)15-11-19-20-21(15)12-7-3-2-4-8-12/h2-11,16,18H,1H3. The van der Waals surface area contributed by atoms with E-state index in [1.807, 2.05) is 54.3 Å². The summed E-state index contributed by atoms with van der Waals surface area (Å²) in [5, 5.41) is 11.7. The number of rotatable bonds is 4. The number of nitrogens with one attached hydrogen (secondary N) is 1. The molecular weight excluding hydrogens is 375 g/mol. The molecule has 3 rings (SSSR count). The molecular formula is C16H15IN4. The molecule has 4 nitrogen and oxygen atoms in total. The van der Waals surface area contributed by atoms with Gasteiger partial charge in [-0.1, -0.05) is 41.6 Å². The van der Waals surface area contributed by atoms with E-state index in [4.69, 9.17) is 0 Å². The minimum absolute atomic E-state index is 0.0494. The lowest BCUT2D eigenvalue weighted by atomic mass is 10.0. The predicted octanol–water partition coefficient (Wildman–Crippen LogP) is 3.18. The quantitative estimate of drug-likeness (QED) is 0.696. The summed E-state index contributed by atoms with van der Waals surface area (Å²) in [5.74, 6) is 0. The third kappa shape index (κ3) is 2.84. The lowest BCUT2D eigenvalue weighted by Crippen LogP contribution is -2.22. The summed E-state index contributed by atoms with van der Waals surface area (Å²) in [4.78, 5) is 0. The number of benzene rings is 2. The van der Waals surface area contributed by atoms with E-state index >= 15 is 0 Å². The average Bonchev–Trinajstić information content (AvgIpc) is 3.00. The molecule has 0 fully saturated rings. The van der Waals surface area contributed by atoms with Gasteiger partial charge in [-0.3, -0.25) is 0 Å². The first-order valence-electron chi connectivity index (χ1n) is 6.69. The van der Waals surface area contributed by atoms with Crippen LogP contribution in [0.1, 0.15) is 17.3 Å². The van der Waals surface area contributed by atoms with Crippen LogP contribution in [-0.4, -0.2) is 22.0 Å². The average molecular weight is 390 g/mol. The third-order valence-corrected chi connectivity index (χ3v) is 4.36. The molecule has 0 aliphatic heterocycles. The maximum absolute atomic E-state index is 4.23. The SMILES string of the molecule is CNC(c1ccccc1I)c1cnnn1-c1ccccc1. The molecule has 0 aliphatic carbocycles. The smallest absolute Gasteiger partial charge is 0.0860 e. The Kier molecular flexibility index (Phi) is 4.31. The van der Waals surface area contributed by atoms with E-state index in [1.54, 1.807) is 0 Å². The van der Waals surface area contributed by atoms with Crippen molar-refractivity contribution in [3.8, 4) is 5.69 Å². The summed E-state index contributed by atoms with van der Waals surface area (Å²) in [6.45, 7) is 0. The van der Waals surface area contributed by atoms with Crippen molar-refractivity contribution < 1.29 is 0 Å². The Morgan fingerprint density at radius 2 is 1.76 bits per heavy atom. The van der Waals surface area contributed by atoms with Gasteiger partial charge in [0, 0.05) is 3.57 Å². The van der Waals surface area contributed by atoms with Gasteiger partial charge in [-0.2, -0.15) is 0 Å². The topological polar surface area (TPSA) is 42.7 Å². The van der Waals surface area contributed by atoms with Crippen LogP contribution in [0.25, 0.3) is 5.69 Å². The van der Waals surface area contributed by atoms with Gasteiger partial charge in [0.15, 0.2) is 0 Å². The number of nitrogens with zero attached hydrogens (tertiary/aromatic N) is 3. The molecule has 0 saturated carbocycles. The van der Waals surface area contributed by atoms with Crippen LogP contribution in [0.5, 0.6) is 0 Å². The summed E-state index contributed by atoms with van der Waals surface area (Å²) in [6, 6.07) is 18.4. The third-order valence-electron chi connectivity index (χ3n) is 3.38. The molecule has 0 amide bonds. The van der Waals surface area contributed by atoms with Crippen molar-refractivity contribution in [3.05, 3.63) is 75.6 Å². The molecule has 0 saturated heterocycles. The van der Waals surface area contributed by atoms with Crippen LogP contribution in [-0.2, 0) is 0 Å². The van der Waals surface area contributed by atoms with Crippen LogP contribution in [0.4, 0.5) is 0 Å². The molecule has 1 heterocycles. The van der Waals surface area contributed by atoms with Gasteiger partial charge in [-0.15, -0.1) is 5.10 Å². The molecule has 0 aliphatic rings. The van der Waals surface area contributed by atoms with E-state index in [-0.39, 0.29) is 6.04 Å². The Morgan fingerprint density at radius 1 is 1.05 bits per heavy atom. The zero-order valence-electron chi connectivity index (χ0n) is 11.6. The Hall–Kier alpha value is -1.73. The summed E-state index contributed by atoms with van der Waals surface area (Å²) in [7, 11) is 1.95. The van der Waals surface area contributed by atoms with Crippen molar-refractivity contribution >= 4 is 22.6 Å². The molecule has 1 N–H and O–H groups in total. The van der Waals surface area contributed by atoms with Crippen molar-refractivity contribution in [2.45, 2.75) is 6.04 Å². The van der Waals surface area contributed by atoms with E-state index in [9.17, 15) is 0 Å². The van der Waals surface area contributed by atoms with Crippen LogP contribution in [0.15, 0.2) is 60.8 Å². The monoisotopic (exact) mass is 390 g/mol. The molecule has 5 heteroatoms. The lowest BCUT2D eigenvalue weighted by Gasteiger charge is -2.19. The largest absolute Gasteiger partial charge is 0.308 e. The van der Waals surface area contributed by atoms with E-state index in [0.717, 1.165) is 11.4 Å². The second kappa shape index (κ2) is 6.36. The van der Waals surface area contributed by atoms with Crippen LogP contribution >= 0.6 is 22.6 Å². The number of para-hydroxylation sites is 1. The molecule has 1 aromatic heterocycles. The summed E-state index contributed by atoms with van der Waals surface area (Å²) in [5.41, 5.74) is 3.25. The first-order chi connectivity index (χ1) is 10.3. The van der Waals surface area contributed by atoms with Gasteiger partial charge in [0.1, 0.15) is 0 Å². The van der Waals surface area contributed by atoms with Crippen molar-refractivity contribution in [2.24, 2.45) is 0 Å². The molecule has 0 spiro atoms. The van der Waals surface area contributed by atoms with Gasteiger partial charge in [-0.05, 0) is 53.4 Å². The van der Waals surface area contributed by atoms with Crippen LogP contribution in [0.3, 0.4) is 0 Å². The van der Waals surface area contributed by atoms with Crippen molar-refractivity contribution in [2.75, 3.05) is 7.05 Å². The van der Waals surface area contributed by atoms with Crippen LogP contribution < -0.4 is 5.32 Å². The van der Waals surface area contributed by atoms with Crippen LogP contribution in [0.2, 0.25) is 0 Å². The summed E-state index contributed by atoms with van der Waals surface area (Å²) in [6.07, 6.45) is 1.82. The minimum atomic E-state index is 0.0494. The van der Waals surface area contributed by atoms with Crippen molar-refractivity contribution in [3.63, 3.8) is 0 Å². The van der Waals surface area contributed by atoms with Crippen LogP contribution in [0, 0.1) is 3.57 Å². The van der Waals surface area contributed by atoms with E-state index in [0.29, 0.717) is 0 Å². The lowest BCUT2D eigenvalue weighted by molar-refractivity contribution is 0.631. The van der Waals surface area contributed by atoms with Gasteiger partial charge < -0.3 is 5.32 Å². The zero-order chi connectivity index (χ0) is 14.7. The fourth-order valence-electron chi connectivity index (χ4n) is 2.38. The summed E-state index contributed by atoms with van der Waals surface area (Å²) < 4.78 is 3.10. The summed E-state index contributed by atoms with van der Waals surface area (Å²) >= 11 is 2.36. The minimum Gasteiger partial charge on any atom is -0.308 e.